The third-order valence-corrected chi connectivity index (χ3v) is 4.92. The van der Waals surface area contributed by atoms with Crippen molar-refractivity contribution in [3.05, 3.63) is 50.7 Å². The molecule has 1 atom stereocenters. The fourth-order valence-electron chi connectivity index (χ4n) is 1.89. The summed E-state index contributed by atoms with van der Waals surface area (Å²) in [6, 6.07) is 10.7. The molecule has 0 amide bonds. The Balaban J connectivity index is 2.15. The van der Waals surface area contributed by atoms with Gasteiger partial charge in [-0.1, -0.05) is 24.6 Å². The zero-order valence-corrected chi connectivity index (χ0v) is 12.5. The molecule has 0 aliphatic carbocycles. The van der Waals surface area contributed by atoms with E-state index in [-0.39, 0.29) is 0 Å². The van der Waals surface area contributed by atoms with Gasteiger partial charge >= 0.3 is 0 Å². The van der Waals surface area contributed by atoms with E-state index in [4.69, 9.17) is 11.6 Å². The van der Waals surface area contributed by atoms with Crippen molar-refractivity contribution in [3.8, 4) is 0 Å². The molecule has 0 fully saturated rings. The van der Waals surface area contributed by atoms with Crippen LogP contribution in [0.25, 0.3) is 0 Å². The number of rotatable bonds is 4. The maximum Gasteiger partial charge on any atom is 0.0578 e. The highest BCUT2D eigenvalue weighted by Crippen LogP contribution is 2.29. The van der Waals surface area contributed by atoms with Gasteiger partial charge in [0.05, 0.1) is 6.04 Å². The van der Waals surface area contributed by atoms with Crippen molar-refractivity contribution < 1.29 is 0 Å². The minimum absolute atomic E-state index is 0.312. The number of halogens is 1. The fourth-order valence-corrected chi connectivity index (χ4v) is 3.01. The average Bonchev–Trinajstić information content (AvgIpc) is 2.83. The molecule has 0 saturated heterocycles. The average molecular weight is 280 g/mol. The van der Waals surface area contributed by atoms with Crippen LogP contribution < -0.4 is 5.32 Å². The second-order valence-electron chi connectivity index (χ2n) is 4.44. The molecule has 1 aromatic heterocycles. The molecule has 0 aliphatic heterocycles. The van der Waals surface area contributed by atoms with Crippen LogP contribution in [0, 0.1) is 6.92 Å². The lowest BCUT2D eigenvalue weighted by Gasteiger charge is -2.16. The molecule has 1 nitrogen and oxygen atoms in total. The zero-order valence-electron chi connectivity index (χ0n) is 11.0. The maximum atomic E-state index is 6.13. The summed E-state index contributed by atoms with van der Waals surface area (Å²) < 4.78 is 0. The molecule has 1 unspecified atom stereocenters. The Labute approximate surface area is 118 Å². The van der Waals surface area contributed by atoms with Gasteiger partial charge in [-0.15, -0.1) is 11.3 Å². The van der Waals surface area contributed by atoms with E-state index >= 15 is 0 Å². The Morgan fingerprint density at radius 1 is 1.28 bits per heavy atom. The normalized spacial score (nSPS) is 12.4. The van der Waals surface area contributed by atoms with E-state index < -0.39 is 0 Å². The Bertz CT molecular complexity index is 533. The van der Waals surface area contributed by atoms with Gasteiger partial charge in [0.15, 0.2) is 0 Å². The van der Waals surface area contributed by atoms with E-state index in [1.54, 1.807) is 0 Å². The second-order valence-corrected chi connectivity index (χ2v) is 6.04. The summed E-state index contributed by atoms with van der Waals surface area (Å²) in [5, 5.41) is 4.34. The van der Waals surface area contributed by atoms with Crippen LogP contribution >= 0.6 is 22.9 Å². The van der Waals surface area contributed by atoms with E-state index in [1.807, 2.05) is 30.4 Å². The topological polar surface area (TPSA) is 12.0 Å². The first-order chi connectivity index (χ1) is 8.61. The lowest BCUT2D eigenvalue weighted by Crippen LogP contribution is -2.06. The summed E-state index contributed by atoms with van der Waals surface area (Å²) in [7, 11) is 0. The number of hydrogen-bond donors (Lipinski definition) is 1. The van der Waals surface area contributed by atoms with E-state index in [1.165, 1.54) is 9.75 Å². The van der Waals surface area contributed by atoms with Crippen LogP contribution in [0.4, 0.5) is 5.69 Å². The molecule has 1 aromatic carbocycles. The third kappa shape index (κ3) is 2.88. The lowest BCUT2D eigenvalue weighted by atomic mass is 10.1. The summed E-state index contributed by atoms with van der Waals surface area (Å²) in [6.45, 7) is 6.42. The van der Waals surface area contributed by atoms with Crippen molar-refractivity contribution in [3.63, 3.8) is 0 Å². The molecule has 0 saturated carbocycles. The zero-order chi connectivity index (χ0) is 13.1. The molecule has 1 N–H and O–H groups in total. The predicted octanol–water partition coefficient (Wildman–Crippen LogP) is 5.45. The SMILES string of the molecule is CCc1ccc(C(C)Nc2cccc(Cl)c2C)s1. The second kappa shape index (κ2) is 5.77. The predicted molar refractivity (Wildman–Crippen MR) is 81.9 cm³/mol. The minimum atomic E-state index is 0.312. The highest BCUT2D eigenvalue weighted by atomic mass is 35.5. The maximum absolute atomic E-state index is 6.13. The third-order valence-electron chi connectivity index (χ3n) is 3.10. The summed E-state index contributed by atoms with van der Waals surface area (Å²) >= 11 is 8.01. The van der Waals surface area contributed by atoms with Gasteiger partial charge in [0.1, 0.15) is 0 Å². The molecule has 96 valence electrons. The van der Waals surface area contributed by atoms with Crippen LogP contribution in [0.2, 0.25) is 5.02 Å². The van der Waals surface area contributed by atoms with E-state index in [9.17, 15) is 0 Å². The van der Waals surface area contributed by atoms with E-state index in [0.29, 0.717) is 6.04 Å². The fraction of sp³-hybridized carbons (Fsp3) is 0.333. The molecule has 3 heteroatoms. The van der Waals surface area contributed by atoms with Gasteiger partial charge < -0.3 is 5.32 Å². The Kier molecular flexibility index (Phi) is 4.31. The van der Waals surface area contributed by atoms with Crippen molar-refractivity contribution in [1.82, 2.24) is 0 Å². The first kappa shape index (κ1) is 13.4. The molecule has 2 aromatic rings. The van der Waals surface area contributed by atoms with Crippen LogP contribution in [-0.2, 0) is 6.42 Å². The molecular formula is C15H18ClNS. The van der Waals surface area contributed by atoms with E-state index in [2.05, 4.69) is 37.4 Å². The molecule has 0 radical (unpaired) electrons. The van der Waals surface area contributed by atoms with Gasteiger partial charge in [-0.05, 0) is 50.1 Å². The summed E-state index contributed by atoms with van der Waals surface area (Å²) in [6.07, 6.45) is 1.10. The smallest absolute Gasteiger partial charge is 0.0578 e. The van der Waals surface area contributed by atoms with Gasteiger partial charge in [0.25, 0.3) is 0 Å². The monoisotopic (exact) mass is 279 g/mol. The van der Waals surface area contributed by atoms with Gasteiger partial charge in [-0.3, -0.25) is 0 Å². The van der Waals surface area contributed by atoms with Crippen LogP contribution in [0.3, 0.4) is 0 Å². The van der Waals surface area contributed by atoms with Gasteiger partial charge in [-0.2, -0.15) is 0 Å². The molecular weight excluding hydrogens is 262 g/mol. The van der Waals surface area contributed by atoms with Crippen molar-refractivity contribution in [1.29, 1.82) is 0 Å². The number of benzene rings is 1. The number of aryl methyl sites for hydroxylation is 1. The number of nitrogens with one attached hydrogen (secondary N) is 1. The minimum Gasteiger partial charge on any atom is -0.377 e. The van der Waals surface area contributed by atoms with Gasteiger partial charge in [0.2, 0.25) is 0 Å². The van der Waals surface area contributed by atoms with Crippen LogP contribution in [0.5, 0.6) is 0 Å². The van der Waals surface area contributed by atoms with Crippen molar-refractivity contribution in [2.45, 2.75) is 33.2 Å². The van der Waals surface area contributed by atoms with Crippen LogP contribution in [-0.4, -0.2) is 0 Å². The van der Waals surface area contributed by atoms with Gasteiger partial charge in [-0.25, -0.2) is 0 Å². The van der Waals surface area contributed by atoms with Crippen molar-refractivity contribution in [2.24, 2.45) is 0 Å². The lowest BCUT2D eigenvalue weighted by molar-refractivity contribution is 0.905. The number of anilines is 1. The van der Waals surface area contributed by atoms with E-state index in [0.717, 1.165) is 22.7 Å². The molecule has 0 bridgehead atoms. The number of thiophene rings is 1. The summed E-state index contributed by atoms with van der Waals surface area (Å²) in [5.41, 5.74) is 2.22. The molecule has 0 spiro atoms. The van der Waals surface area contributed by atoms with Crippen LogP contribution in [0.15, 0.2) is 30.3 Å². The molecule has 1 heterocycles. The molecule has 18 heavy (non-hydrogen) atoms. The Morgan fingerprint density at radius 3 is 2.72 bits per heavy atom. The highest BCUT2D eigenvalue weighted by molar-refractivity contribution is 7.12. The summed E-state index contributed by atoms with van der Waals surface area (Å²) in [4.78, 5) is 2.80. The quantitative estimate of drug-likeness (QED) is 0.785. The highest BCUT2D eigenvalue weighted by Gasteiger charge is 2.10. The van der Waals surface area contributed by atoms with Crippen molar-refractivity contribution >= 4 is 28.6 Å². The first-order valence-corrected chi connectivity index (χ1v) is 7.41. The number of hydrogen-bond acceptors (Lipinski definition) is 2. The first-order valence-electron chi connectivity index (χ1n) is 6.22. The van der Waals surface area contributed by atoms with Crippen LogP contribution in [0.1, 0.15) is 35.2 Å². The van der Waals surface area contributed by atoms with Gasteiger partial charge in [0, 0.05) is 20.5 Å². The standard InChI is InChI=1S/C15H18ClNS/c1-4-12-8-9-15(18-12)11(3)17-14-7-5-6-13(16)10(14)2/h5-9,11,17H,4H2,1-3H3. The summed E-state index contributed by atoms with van der Waals surface area (Å²) in [5.74, 6) is 0. The van der Waals surface area contributed by atoms with Crippen molar-refractivity contribution in [2.75, 3.05) is 5.32 Å². The Hall–Kier alpha value is -0.990. The molecule has 0 aliphatic rings. The molecule has 2 rings (SSSR count). The largest absolute Gasteiger partial charge is 0.377 e. The Morgan fingerprint density at radius 2 is 2.06 bits per heavy atom.